The van der Waals surface area contributed by atoms with Crippen molar-refractivity contribution in [2.45, 2.75) is 52.2 Å². The Kier molecular flexibility index (Phi) is 6.96. The number of aliphatic imine (C=N–C) groups is 1. The summed E-state index contributed by atoms with van der Waals surface area (Å²) >= 11 is 1.71. The van der Waals surface area contributed by atoms with Gasteiger partial charge in [-0.2, -0.15) is 5.10 Å². The predicted molar refractivity (Wildman–Crippen MR) is 107 cm³/mol. The summed E-state index contributed by atoms with van der Waals surface area (Å²) in [4.78, 5) is 13.3. The van der Waals surface area contributed by atoms with Gasteiger partial charge in [0.25, 0.3) is 0 Å². The molecular weight excluding hydrogens is 437 g/mol. The van der Waals surface area contributed by atoms with E-state index in [0.717, 1.165) is 49.1 Å². The van der Waals surface area contributed by atoms with E-state index < -0.39 is 0 Å². The first-order valence-electron chi connectivity index (χ1n) is 7.98. The fourth-order valence-corrected chi connectivity index (χ4v) is 3.45. The normalized spacial score (nSPS) is 17.1. The van der Waals surface area contributed by atoms with E-state index in [9.17, 15) is 0 Å². The highest BCUT2D eigenvalue weighted by Crippen LogP contribution is 2.13. The highest BCUT2D eigenvalue weighted by Gasteiger charge is 2.21. The topological polar surface area (TPSA) is 80.0 Å². The molecule has 0 saturated carbocycles. The Hall–Kier alpha value is -1.23. The third-order valence-electron chi connectivity index (χ3n) is 3.87. The molecule has 3 rings (SSSR count). The van der Waals surface area contributed by atoms with E-state index in [4.69, 9.17) is 0 Å². The molecule has 1 aliphatic heterocycles. The second-order valence-electron chi connectivity index (χ2n) is 5.65. The zero-order valence-electron chi connectivity index (χ0n) is 14.2. The molecule has 0 saturated heterocycles. The summed E-state index contributed by atoms with van der Waals surface area (Å²) in [7, 11) is 1.79. The Balaban J connectivity index is 0.00000208. The summed E-state index contributed by atoms with van der Waals surface area (Å²) in [5, 5.41) is 14.5. The van der Waals surface area contributed by atoms with Gasteiger partial charge >= 0.3 is 0 Å². The average molecular weight is 461 g/mol. The van der Waals surface area contributed by atoms with E-state index in [1.807, 2.05) is 11.6 Å². The molecule has 1 aliphatic rings. The molecule has 2 N–H and O–H groups in total. The fraction of sp³-hybridized carbons (Fsp3) is 0.600. The van der Waals surface area contributed by atoms with Crippen LogP contribution in [-0.2, 0) is 25.9 Å². The second kappa shape index (κ2) is 8.75. The molecule has 132 valence electrons. The molecule has 0 spiro atoms. The number of aromatic nitrogens is 4. The van der Waals surface area contributed by atoms with E-state index >= 15 is 0 Å². The number of hydrogen-bond acceptors (Lipinski definition) is 5. The van der Waals surface area contributed by atoms with Gasteiger partial charge in [-0.15, -0.1) is 35.3 Å². The molecule has 0 aliphatic carbocycles. The zero-order chi connectivity index (χ0) is 16.2. The molecule has 0 fully saturated rings. The molecule has 3 heterocycles. The number of rotatable bonds is 4. The van der Waals surface area contributed by atoms with Gasteiger partial charge in [0.1, 0.15) is 11.6 Å². The summed E-state index contributed by atoms with van der Waals surface area (Å²) < 4.78 is 2.00. The van der Waals surface area contributed by atoms with Crippen LogP contribution in [0.5, 0.6) is 0 Å². The molecular formula is C15H24IN7S. The fourth-order valence-electron chi connectivity index (χ4n) is 2.71. The van der Waals surface area contributed by atoms with E-state index in [1.165, 1.54) is 5.01 Å². The van der Waals surface area contributed by atoms with Gasteiger partial charge in [0, 0.05) is 24.9 Å². The summed E-state index contributed by atoms with van der Waals surface area (Å²) in [6, 6.07) is 0.316. The number of thiazole rings is 1. The van der Waals surface area contributed by atoms with Crippen LogP contribution in [-0.4, -0.2) is 38.8 Å². The molecule has 1 atom stereocenters. The zero-order valence-corrected chi connectivity index (χ0v) is 17.4. The van der Waals surface area contributed by atoms with Crippen LogP contribution in [0.4, 0.5) is 0 Å². The largest absolute Gasteiger partial charge is 0.352 e. The second-order valence-corrected chi connectivity index (χ2v) is 6.59. The maximum absolute atomic E-state index is 4.57. The van der Waals surface area contributed by atoms with Crippen molar-refractivity contribution in [3.05, 3.63) is 27.7 Å². The Morgan fingerprint density at radius 1 is 1.46 bits per heavy atom. The Morgan fingerprint density at radius 3 is 3.00 bits per heavy atom. The summed E-state index contributed by atoms with van der Waals surface area (Å²) in [6.45, 7) is 5.58. The Labute approximate surface area is 163 Å². The number of guanidine groups is 1. The average Bonchev–Trinajstić information content (AvgIpc) is 3.16. The SMILES string of the molecule is CCc1nc(CNC(=NC)NC2CCc3nc(C)nn3C2)cs1.I. The van der Waals surface area contributed by atoms with Crippen LogP contribution in [0.25, 0.3) is 0 Å². The highest BCUT2D eigenvalue weighted by molar-refractivity contribution is 14.0. The first-order chi connectivity index (χ1) is 11.2. The van der Waals surface area contributed by atoms with Gasteiger partial charge in [-0.25, -0.2) is 14.6 Å². The lowest BCUT2D eigenvalue weighted by atomic mass is 10.1. The molecule has 0 aromatic carbocycles. The molecule has 1 unspecified atom stereocenters. The van der Waals surface area contributed by atoms with Crippen LogP contribution in [0.1, 0.15) is 35.7 Å². The van der Waals surface area contributed by atoms with E-state index in [1.54, 1.807) is 18.4 Å². The quantitative estimate of drug-likeness (QED) is 0.413. The standard InChI is InChI=1S/C15H23N7S.HI/c1-4-14-19-12(9-23-14)7-17-15(16-3)20-11-5-6-13-18-10(2)21-22(13)8-11;/h9,11H,4-8H2,1-3H3,(H2,16,17,20);1H. The van der Waals surface area contributed by atoms with Crippen molar-refractivity contribution in [1.29, 1.82) is 0 Å². The third-order valence-corrected chi connectivity index (χ3v) is 4.91. The number of halogens is 1. The van der Waals surface area contributed by atoms with Gasteiger partial charge in [-0.05, 0) is 19.8 Å². The van der Waals surface area contributed by atoms with Crippen molar-refractivity contribution in [3.8, 4) is 0 Å². The van der Waals surface area contributed by atoms with Crippen molar-refractivity contribution in [1.82, 2.24) is 30.4 Å². The van der Waals surface area contributed by atoms with E-state index in [2.05, 4.69) is 43.0 Å². The van der Waals surface area contributed by atoms with Crippen molar-refractivity contribution >= 4 is 41.3 Å². The minimum absolute atomic E-state index is 0. The Bertz CT molecular complexity index is 694. The van der Waals surface area contributed by atoms with Gasteiger partial charge in [-0.1, -0.05) is 6.92 Å². The predicted octanol–water partition coefficient (Wildman–Crippen LogP) is 1.90. The number of hydrogen-bond donors (Lipinski definition) is 2. The summed E-state index contributed by atoms with van der Waals surface area (Å²) in [5.74, 6) is 2.73. The number of nitrogens with one attached hydrogen (secondary N) is 2. The molecule has 2 aromatic rings. The number of aryl methyl sites for hydroxylation is 3. The van der Waals surface area contributed by atoms with E-state index in [0.29, 0.717) is 12.6 Å². The minimum atomic E-state index is 0. The van der Waals surface area contributed by atoms with Crippen LogP contribution in [0.15, 0.2) is 10.4 Å². The van der Waals surface area contributed by atoms with Crippen LogP contribution in [0, 0.1) is 6.92 Å². The molecule has 24 heavy (non-hydrogen) atoms. The summed E-state index contributed by atoms with van der Waals surface area (Å²) in [5.41, 5.74) is 1.06. The number of fused-ring (bicyclic) bond motifs is 1. The van der Waals surface area contributed by atoms with E-state index in [-0.39, 0.29) is 24.0 Å². The van der Waals surface area contributed by atoms with Gasteiger partial charge in [0.15, 0.2) is 5.96 Å². The lowest BCUT2D eigenvalue weighted by molar-refractivity contribution is 0.392. The van der Waals surface area contributed by atoms with Crippen molar-refractivity contribution < 1.29 is 0 Å². The van der Waals surface area contributed by atoms with Crippen LogP contribution in [0.2, 0.25) is 0 Å². The van der Waals surface area contributed by atoms with Crippen LogP contribution < -0.4 is 10.6 Å². The van der Waals surface area contributed by atoms with Crippen molar-refractivity contribution in [3.63, 3.8) is 0 Å². The molecule has 0 radical (unpaired) electrons. The van der Waals surface area contributed by atoms with Crippen LogP contribution >= 0.6 is 35.3 Å². The van der Waals surface area contributed by atoms with Crippen molar-refractivity contribution in [2.75, 3.05) is 7.05 Å². The maximum Gasteiger partial charge on any atom is 0.191 e. The summed E-state index contributed by atoms with van der Waals surface area (Å²) in [6.07, 6.45) is 2.97. The maximum atomic E-state index is 4.57. The Morgan fingerprint density at radius 2 is 2.29 bits per heavy atom. The minimum Gasteiger partial charge on any atom is -0.352 e. The van der Waals surface area contributed by atoms with Crippen LogP contribution in [0.3, 0.4) is 0 Å². The molecule has 9 heteroatoms. The van der Waals surface area contributed by atoms with Gasteiger partial charge in [0.2, 0.25) is 0 Å². The third kappa shape index (κ3) is 4.65. The molecule has 0 bridgehead atoms. The first-order valence-corrected chi connectivity index (χ1v) is 8.86. The number of nitrogens with zero attached hydrogens (tertiary/aromatic N) is 5. The smallest absolute Gasteiger partial charge is 0.191 e. The monoisotopic (exact) mass is 461 g/mol. The van der Waals surface area contributed by atoms with Crippen molar-refractivity contribution in [2.24, 2.45) is 4.99 Å². The van der Waals surface area contributed by atoms with Gasteiger partial charge < -0.3 is 10.6 Å². The first kappa shape index (κ1) is 19.1. The lowest BCUT2D eigenvalue weighted by Crippen LogP contribution is -2.46. The van der Waals surface area contributed by atoms with Gasteiger partial charge in [0.05, 0.1) is 23.8 Å². The molecule has 7 nitrogen and oxygen atoms in total. The van der Waals surface area contributed by atoms with Gasteiger partial charge in [-0.3, -0.25) is 4.99 Å². The highest BCUT2D eigenvalue weighted by atomic mass is 127. The lowest BCUT2D eigenvalue weighted by Gasteiger charge is -2.25. The molecule has 0 amide bonds. The molecule has 2 aromatic heterocycles.